The molecule has 114 valence electrons. The van der Waals surface area contributed by atoms with Crippen LogP contribution in [0.3, 0.4) is 0 Å². The third-order valence-electron chi connectivity index (χ3n) is 3.68. The van der Waals surface area contributed by atoms with Gasteiger partial charge in [0.05, 0.1) is 5.69 Å². The van der Waals surface area contributed by atoms with Crippen LogP contribution < -0.4 is 5.73 Å². The lowest BCUT2D eigenvalue weighted by molar-refractivity contribution is 0.0734. The number of nitrogen functional groups attached to an aromatic ring is 1. The maximum Gasteiger partial charge on any atom is 0.266 e. The molecule has 0 fully saturated rings. The Hall–Kier alpha value is -1.07. The molecule has 0 bridgehead atoms. The van der Waals surface area contributed by atoms with Gasteiger partial charge in [-0.15, -0.1) is 11.3 Å². The van der Waals surface area contributed by atoms with Crippen LogP contribution in [0.4, 0.5) is 5.69 Å². The van der Waals surface area contributed by atoms with Gasteiger partial charge in [-0.1, -0.05) is 29.8 Å². The fourth-order valence-corrected chi connectivity index (χ4v) is 3.90. The topological polar surface area (TPSA) is 46.3 Å². The van der Waals surface area contributed by atoms with Crippen molar-refractivity contribution in [3.05, 3.63) is 27.5 Å². The lowest BCUT2D eigenvalue weighted by Crippen LogP contribution is -2.35. The number of nitrogens with zero attached hydrogens (tertiary/aromatic N) is 1. The molecule has 1 amide bonds. The summed E-state index contributed by atoms with van der Waals surface area (Å²) in [6, 6.07) is 6.14. The summed E-state index contributed by atoms with van der Waals surface area (Å²) in [7, 11) is 1.86. The van der Waals surface area contributed by atoms with Crippen molar-refractivity contribution in [2.45, 2.75) is 33.2 Å². The van der Waals surface area contributed by atoms with E-state index in [1.165, 1.54) is 11.3 Å². The summed E-state index contributed by atoms with van der Waals surface area (Å²) in [5, 5.41) is 0.947. The molecule has 1 unspecified atom stereocenters. The van der Waals surface area contributed by atoms with Crippen LogP contribution in [0.5, 0.6) is 0 Å². The number of thiophene rings is 1. The molecule has 0 saturated heterocycles. The fraction of sp³-hybridized carbons (Fsp3) is 0.438. The highest BCUT2D eigenvalue weighted by atomic mass is 79.9. The summed E-state index contributed by atoms with van der Waals surface area (Å²) < 4.78 is 2.02. The molecular weight excluding hydrogens is 348 g/mol. The summed E-state index contributed by atoms with van der Waals surface area (Å²) in [5.41, 5.74) is 6.78. The minimum Gasteiger partial charge on any atom is -0.397 e. The largest absolute Gasteiger partial charge is 0.397 e. The molecule has 0 spiro atoms. The number of amides is 1. The Bertz CT molecular complexity index is 666. The van der Waals surface area contributed by atoms with Crippen molar-refractivity contribution in [1.82, 2.24) is 4.90 Å². The highest BCUT2D eigenvalue weighted by Gasteiger charge is 2.23. The number of hydrogen-bond donors (Lipinski definition) is 1. The van der Waals surface area contributed by atoms with Gasteiger partial charge in [0, 0.05) is 27.6 Å². The maximum absolute atomic E-state index is 12.7. The van der Waals surface area contributed by atoms with Gasteiger partial charge in [-0.05, 0) is 37.5 Å². The van der Waals surface area contributed by atoms with Crippen LogP contribution in [0.1, 0.15) is 36.9 Å². The lowest BCUT2D eigenvalue weighted by Gasteiger charge is -2.26. The van der Waals surface area contributed by atoms with Gasteiger partial charge >= 0.3 is 0 Å². The molecule has 0 aliphatic carbocycles. The van der Waals surface area contributed by atoms with E-state index in [1.807, 2.05) is 25.2 Å². The standard InChI is InChI=1S/C16H21BrN2OS/c1-9(2)7-10(3)19(4)16(20)15-14(18)12-8-11(17)5-6-13(12)21-15/h5-6,8-10H,7,18H2,1-4H3. The predicted octanol–water partition coefficient (Wildman–Crippen LogP) is 4.75. The summed E-state index contributed by atoms with van der Waals surface area (Å²) in [4.78, 5) is 15.1. The zero-order valence-electron chi connectivity index (χ0n) is 12.8. The van der Waals surface area contributed by atoms with E-state index in [4.69, 9.17) is 5.73 Å². The molecule has 0 aliphatic rings. The Morgan fingerprint density at radius 2 is 2.05 bits per heavy atom. The normalized spacial score (nSPS) is 12.9. The molecule has 2 aromatic rings. The van der Waals surface area contributed by atoms with Crippen LogP contribution in [0.25, 0.3) is 10.1 Å². The molecule has 0 radical (unpaired) electrons. The van der Waals surface area contributed by atoms with Gasteiger partial charge in [-0.2, -0.15) is 0 Å². The monoisotopic (exact) mass is 368 g/mol. The van der Waals surface area contributed by atoms with E-state index in [2.05, 4.69) is 36.7 Å². The second kappa shape index (κ2) is 6.36. The second-order valence-corrected chi connectivity index (χ2v) is 7.85. The summed E-state index contributed by atoms with van der Waals surface area (Å²) in [5.74, 6) is 0.573. The molecule has 0 aliphatic heterocycles. The minimum atomic E-state index is 0.0120. The molecule has 1 aromatic carbocycles. The highest BCUT2D eigenvalue weighted by Crippen LogP contribution is 2.36. The molecule has 1 aromatic heterocycles. The molecule has 1 heterocycles. The van der Waals surface area contributed by atoms with E-state index in [0.29, 0.717) is 16.5 Å². The smallest absolute Gasteiger partial charge is 0.266 e. The first-order valence-corrected chi connectivity index (χ1v) is 8.67. The molecule has 0 saturated carbocycles. The van der Waals surface area contributed by atoms with Gasteiger partial charge in [-0.25, -0.2) is 0 Å². The molecule has 2 rings (SSSR count). The van der Waals surface area contributed by atoms with Gasteiger partial charge in [-0.3, -0.25) is 4.79 Å². The zero-order valence-corrected chi connectivity index (χ0v) is 15.2. The Kier molecular flexibility index (Phi) is 4.94. The van der Waals surface area contributed by atoms with E-state index < -0.39 is 0 Å². The number of rotatable bonds is 4. The number of benzene rings is 1. The van der Waals surface area contributed by atoms with Crippen molar-refractivity contribution in [2.24, 2.45) is 5.92 Å². The van der Waals surface area contributed by atoms with Crippen LogP contribution in [-0.2, 0) is 0 Å². The quantitative estimate of drug-likeness (QED) is 0.845. The van der Waals surface area contributed by atoms with E-state index >= 15 is 0 Å². The van der Waals surface area contributed by atoms with Crippen LogP contribution in [0.2, 0.25) is 0 Å². The van der Waals surface area contributed by atoms with Crippen LogP contribution in [0, 0.1) is 5.92 Å². The van der Waals surface area contributed by atoms with Crippen molar-refractivity contribution < 1.29 is 4.79 Å². The van der Waals surface area contributed by atoms with E-state index in [9.17, 15) is 4.79 Å². The van der Waals surface area contributed by atoms with E-state index in [-0.39, 0.29) is 11.9 Å². The Balaban J connectivity index is 2.33. The van der Waals surface area contributed by atoms with Gasteiger partial charge in [0.2, 0.25) is 0 Å². The van der Waals surface area contributed by atoms with Crippen molar-refractivity contribution in [3.63, 3.8) is 0 Å². The Morgan fingerprint density at radius 1 is 1.38 bits per heavy atom. The molecule has 1 atom stereocenters. The Morgan fingerprint density at radius 3 is 2.67 bits per heavy atom. The second-order valence-electron chi connectivity index (χ2n) is 5.88. The third kappa shape index (κ3) is 3.40. The van der Waals surface area contributed by atoms with Gasteiger partial charge in [0.15, 0.2) is 0 Å². The first-order valence-electron chi connectivity index (χ1n) is 7.06. The number of hydrogen-bond acceptors (Lipinski definition) is 3. The number of fused-ring (bicyclic) bond motifs is 1. The SMILES string of the molecule is CC(C)CC(C)N(C)C(=O)c1sc2ccc(Br)cc2c1N. The Labute approximate surface area is 138 Å². The number of nitrogens with two attached hydrogens (primary N) is 1. The summed E-state index contributed by atoms with van der Waals surface area (Å²) in [6.45, 7) is 6.41. The van der Waals surface area contributed by atoms with Gasteiger partial charge in [0.1, 0.15) is 4.88 Å². The zero-order chi connectivity index (χ0) is 15.7. The molecule has 2 N–H and O–H groups in total. The van der Waals surface area contributed by atoms with Crippen molar-refractivity contribution in [2.75, 3.05) is 12.8 Å². The van der Waals surface area contributed by atoms with Gasteiger partial charge < -0.3 is 10.6 Å². The number of halogens is 1. The van der Waals surface area contributed by atoms with E-state index in [1.54, 1.807) is 4.90 Å². The van der Waals surface area contributed by atoms with Crippen molar-refractivity contribution in [3.8, 4) is 0 Å². The summed E-state index contributed by atoms with van der Waals surface area (Å²) in [6.07, 6.45) is 0.985. The maximum atomic E-state index is 12.7. The van der Waals surface area contributed by atoms with Crippen molar-refractivity contribution in [1.29, 1.82) is 0 Å². The fourth-order valence-electron chi connectivity index (χ4n) is 2.45. The van der Waals surface area contributed by atoms with Crippen LogP contribution in [-0.4, -0.2) is 23.9 Å². The first-order chi connectivity index (χ1) is 9.81. The molecular formula is C16H21BrN2OS. The van der Waals surface area contributed by atoms with Crippen molar-refractivity contribution >= 4 is 48.9 Å². The first kappa shape index (κ1) is 16.3. The average Bonchev–Trinajstić information content (AvgIpc) is 2.73. The number of anilines is 1. The molecule has 5 heteroatoms. The average molecular weight is 369 g/mol. The molecule has 3 nitrogen and oxygen atoms in total. The third-order valence-corrected chi connectivity index (χ3v) is 5.34. The van der Waals surface area contributed by atoms with E-state index in [0.717, 1.165) is 21.0 Å². The number of carbonyl (C=O) groups excluding carboxylic acids is 1. The molecule has 21 heavy (non-hydrogen) atoms. The minimum absolute atomic E-state index is 0.0120. The number of carbonyl (C=O) groups is 1. The highest BCUT2D eigenvalue weighted by molar-refractivity contribution is 9.10. The van der Waals surface area contributed by atoms with Crippen LogP contribution in [0.15, 0.2) is 22.7 Å². The van der Waals surface area contributed by atoms with Gasteiger partial charge in [0.25, 0.3) is 5.91 Å². The summed E-state index contributed by atoms with van der Waals surface area (Å²) >= 11 is 4.91. The van der Waals surface area contributed by atoms with Crippen LogP contribution >= 0.6 is 27.3 Å². The lowest BCUT2D eigenvalue weighted by atomic mass is 10.0. The predicted molar refractivity (Wildman–Crippen MR) is 94.9 cm³/mol.